The molecule has 0 bridgehead atoms. The first-order chi connectivity index (χ1) is 7.38. The van der Waals surface area contributed by atoms with E-state index in [4.69, 9.17) is 10.8 Å². The van der Waals surface area contributed by atoms with E-state index in [0.717, 1.165) is 5.69 Å². The highest BCUT2D eigenvalue weighted by Gasteiger charge is 2.36. The summed E-state index contributed by atoms with van der Waals surface area (Å²) in [5.41, 5.74) is 6.58. The monoisotopic (exact) mass is 223 g/mol. The molecule has 0 aromatic carbocycles. The Bertz CT molecular complexity index is 393. The molecule has 0 saturated heterocycles. The van der Waals surface area contributed by atoms with Crippen LogP contribution in [0.5, 0.6) is 0 Å². The lowest BCUT2D eigenvalue weighted by Crippen LogP contribution is -2.44. The molecule has 5 heteroatoms. The van der Waals surface area contributed by atoms with Crippen molar-refractivity contribution in [3.05, 3.63) is 23.8 Å². The molecule has 1 aromatic heterocycles. The summed E-state index contributed by atoms with van der Waals surface area (Å²) in [4.78, 5) is 19.2. The predicted octanol–water partition coefficient (Wildman–Crippen LogP) is 0.865. The van der Waals surface area contributed by atoms with Crippen LogP contribution in [0.25, 0.3) is 0 Å². The minimum atomic E-state index is -0.884. The van der Waals surface area contributed by atoms with Crippen LogP contribution in [0.2, 0.25) is 0 Å². The van der Waals surface area contributed by atoms with Crippen LogP contribution in [0.4, 0.5) is 0 Å². The van der Waals surface area contributed by atoms with Crippen molar-refractivity contribution in [1.29, 1.82) is 0 Å². The van der Waals surface area contributed by atoms with Gasteiger partial charge in [-0.3, -0.25) is 14.8 Å². The van der Waals surface area contributed by atoms with E-state index < -0.39 is 11.4 Å². The van der Waals surface area contributed by atoms with Gasteiger partial charge >= 0.3 is 5.97 Å². The molecule has 0 saturated carbocycles. The number of hydrogen-bond donors (Lipinski definition) is 2. The first kappa shape index (κ1) is 12.6. The highest BCUT2D eigenvalue weighted by Crippen LogP contribution is 2.30. The molecular weight excluding hydrogens is 206 g/mol. The number of hydrogen-bond acceptors (Lipinski definition) is 4. The van der Waals surface area contributed by atoms with Gasteiger partial charge in [0.15, 0.2) is 0 Å². The van der Waals surface area contributed by atoms with Gasteiger partial charge in [-0.1, -0.05) is 6.92 Å². The van der Waals surface area contributed by atoms with Gasteiger partial charge in [-0.15, -0.1) is 0 Å². The fourth-order valence-electron chi connectivity index (χ4n) is 1.74. The largest absolute Gasteiger partial charge is 0.481 e. The van der Waals surface area contributed by atoms with Crippen LogP contribution < -0.4 is 5.73 Å². The van der Waals surface area contributed by atoms with Gasteiger partial charge in [-0.2, -0.15) is 0 Å². The summed E-state index contributed by atoms with van der Waals surface area (Å²) >= 11 is 0. The summed E-state index contributed by atoms with van der Waals surface area (Å²) in [5, 5.41) is 8.95. The molecule has 0 radical (unpaired) electrons. The first-order valence-corrected chi connectivity index (χ1v) is 5.13. The van der Waals surface area contributed by atoms with Crippen molar-refractivity contribution in [3.63, 3.8) is 0 Å². The number of rotatable bonds is 4. The van der Waals surface area contributed by atoms with E-state index in [2.05, 4.69) is 9.97 Å². The van der Waals surface area contributed by atoms with Crippen molar-refractivity contribution in [1.82, 2.24) is 9.97 Å². The summed E-state index contributed by atoms with van der Waals surface area (Å²) in [6.45, 7) is 5.41. The van der Waals surface area contributed by atoms with Gasteiger partial charge in [0.2, 0.25) is 0 Å². The van der Waals surface area contributed by atoms with Crippen LogP contribution in [0, 0.1) is 6.92 Å². The molecule has 1 rings (SSSR count). The topological polar surface area (TPSA) is 89.1 Å². The van der Waals surface area contributed by atoms with Gasteiger partial charge in [0, 0.05) is 23.9 Å². The molecule has 0 aliphatic carbocycles. The molecule has 0 amide bonds. The summed E-state index contributed by atoms with van der Waals surface area (Å²) in [5.74, 6) is -0.884. The molecule has 2 unspecified atom stereocenters. The second-order valence-corrected chi connectivity index (χ2v) is 4.27. The molecule has 0 aliphatic heterocycles. The van der Waals surface area contributed by atoms with E-state index in [0.29, 0.717) is 5.69 Å². The quantitative estimate of drug-likeness (QED) is 0.790. The Labute approximate surface area is 94.7 Å². The standard InChI is InChI=1S/C11H17N3O2/c1-7-10(14-5-4-13-7)11(3,8(2)12)6-9(15)16/h4-5,8H,6,12H2,1-3H3,(H,15,16). The Balaban J connectivity index is 3.21. The molecule has 88 valence electrons. The van der Waals surface area contributed by atoms with Gasteiger partial charge in [0.25, 0.3) is 0 Å². The second-order valence-electron chi connectivity index (χ2n) is 4.27. The zero-order chi connectivity index (χ0) is 12.3. The molecule has 1 aromatic rings. The number of aromatic nitrogens is 2. The maximum Gasteiger partial charge on any atom is 0.304 e. The number of nitrogens with zero attached hydrogens (tertiary/aromatic N) is 2. The number of aryl methyl sites for hydroxylation is 1. The Morgan fingerprint density at radius 3 is 2.56 bits per heavy atom. The minimum absolute atomic E-state index is 0.0514. The zero-order valence-electron chi connectivity index (χ0n) is 9.77. The highest BCUT2D eigenvalue weighted by atomic mass is 16.4. The lowest BCUT2D eigenvalue weighted by molar-refractivity contribution is -0.138. The molecule has 3 N–H and O–H groups in total. The number of nitrogens with two attached hydrogens (primary N) is 1. The maximum absolute atomic E-state index is 10.9. The van der Waals surface area contributed by atoms with Crippen molar-refractivity contribution in [2.24, 2.45) is 5.73 Å². The van der Waals surface area contributed by atoms with Crippen LogP contribution in [0.1, 0.15) is 31.7 Å². The van der Waals surface area contributed by atoms with Gasteiger partial charge in [0.1, 0.15) is 0 Å². The number of carboxylic acids is 1. The summed E-state index contributed by atoms with van der Waals surface area (Å²) in [7, 11) is 0. The lowest BCUT2D eigenvalue weighted by Gasteiger charge is -2.32. The Hall–Kier alpha value is -1.49. The van der Waals surface area contributed by atoms with Crippen molar-refractivity contribution in [3.8, 4) is 0 Å². The molecular formula is C11H17N3O2. The van der Waals surface area contributed by atoms with E-state index in [1.165, 1.54) is 0 Å². The van der Waals surface area contributed by atoms with Crippen LogP contribution >= 0.6 is 0 Å². The molecule has 16 heavy (non-hydrogen) atoms. The molecule has 0 aliphatic rings. The Morgan fingerprint density at radius 1 is 1.56 bits per heavy atom. The third kappa shape index (κ3) is 2.36. The lowest BCUT2D eigenvalue weighted by atomic mass is 9.76. The number of aliphatic carboxylic acids is 1. The average Bonchev–Trinajstić information content (AvgIpc) is 2.16. The summed E-state index contributed by atoms with van der Waals surface area (Å²) in [6.07, 6.45) is 3.09. The summed E-state index contributed by atoms with van der Waals surface area (Å²) in [6, 6.07) is -0.306. The van der Waals surface area contributed by atoms with E-state index >= 15 is 0 Å². The van der Waals surface area contributed by atoms with Crippen LogP contribution in [-0.4, -0.2) is 27.1 Å². The van der Waals surface area contributed by atoms with Crippen LogP contribution in [0.15, 0.2) is 12.4 Å². The van der Waals surface area contributed by atoms with Crippen molar-refractivity contribution >= 4 is 5.97 Å². The Morgan fingerprint density at radius 2 is 2.12 bits per heavy atom. The van der Waals surface area contributed by atoms with Crippen LogP contribution in [0.3, 0.4) is 0 Å². The highest BCUT2D eigenvalue weighted by molar-refractivity contribution is 5.69. The predicted molar refractivity (Wildman–Crippen MR) is 60.0 cm³/mol. The maximum atomic E-state index is 10.9. The minimum Gasteiger partial charge on any atom is -0.481 e. The SMILES string of the molecule is Cc1nccnc1C(C)(CC(=O)O)C(C)N. The van der Waals surface area contributed by atoms with Gasteiger partial charge in [-0.05, 0) is 13.8 Å². The van der Waals surface area contributed by atoms with Crippen molar-refractivity contribution in [2.75, 3.05) is 0 Å². The van der Waals surface area contributed by atoms with E-state index in [9.17, 15) is 4.79 Å². The first-order valence-electron chi connectivity index (χ1n) is 5.13. The normalized spacial score (nSPS) is 16.5. The molecule has 5 nitrogen and oxygen atoms in total. The molecule has 0 fully saturated rings. The Kier molecular flexibility index (Phi) is 3.59. The number of carboxylic acid groups (broad SMARTS) is 1. The van der Waals surface area contributed by atoms with Gasteiger partial charge in [-0.25, -0.2) is 0 Å². The van der Waals surface area contributed by atoms with Crippen molar-refractivity contribution in [2.45, 2.75) is 38.6 Å². The number of carbonyl (C=O) groups is 1. The second kappa shape index (κ2) is 4.57. The van der Waals surface area contributed by atoms with Crippen molar-refractivity contribution < 1.29 is 9.90 Å². The van der Waals surface area contributed by atoms with E-state index in [-0.39, 0.29) is 12.5 Å². The molecule has 2 atom stereocenters. The van der Waals surface area contributed by atoms with Gasteiger partial charge in [0.05, 0.1) is 17.8 Å². The third-order valence-corrected chi connectivity index (χ3v) is 2.95. The van der Waals surface area contributed by atoms with E-state index in [1.54, 1.807) is 19.3 Å². The average molecular weight is 223 g/mol. The third-order valence-electron chi connectivity index (χ3n) is 2.95. The molecule has 0 spiro atoms. The van der Waals surface area contributed by atoms with Gasteiger partial charge < -0.3 is 10.8 Å². The van der Waals surface area contributed by atoms with Crippen LogP contribution in [-0.2, 0) is 10.2 Å². The zero-order valence-corrected chi connectivity index (χ0v) is 9.77. The smallest absolute Gasteiger partial charge is 0.304 e. The molecule has 1 heterocycles. The fraction of sp³-hybridized carbons (Fsp3) is 0.545. The summed E-state index contributed by atoms with van der Waals surface area (Å²) < 4.78 is 0. The van der Waals surface area contributed by atoms with E-state index in [1.807, 2.05) is 13.8 Å². The fourth-order valence-corrected chi connectivity index (χ4v) is 1.74.